The van der Waals surface area contributed by atoms with Gasteiger partial charge >= 0.3 is 6.61 Å². The first-order valence-corrected chi connectivity index (χ1v) is 8.31. The first-order valence-electron chi connectivity index (χ1n) is 8.31. The van der Waals surface area contributed by atoms with Gasteiger partial charge in [-0.25, -0.2) is 4.39 Å². The molecule has 2 rings (SSSR count). The molecule has 6 nitrogen and oxygen atoms in total. The molecule has 0 aliphatic rings. The summed E-state index contributed by atoms with van der Waals surface area (Å²) in [5, 5.41) is 2.65. The van der Waals surface area contributed by atoms with Gasteiger partial charge < -0.3 is 15.8 Å². The molecule has 28 heavy (non-hydrogen) atoms. The standard InChI is InChI=1S/C19H20F3N3O3/c1-25(17(18(23)27)13-3-2-4-14(20)9-13)11-16(26)24-10-12-5-7-15(8-6-12)28-19(21)22/h2-9,17,19H,10-11H2,1H3,(H2,23,27)(H,24,26). The Morgan fingerprint density at radius 3 is 2.43 bits per heavy atom. The average Bonchev–Trinajstić information content (AvgIpc) is 2.60. The molecule has 0 aliphatic heterocycles. The summed E-state index contributed by atoms with van der Waals surface area (Å²) in [5.41, 5.74) is 6.43. The summed E-state index contributed by atoms with van der Waals surface area (Å²) in [6.45, 7) is -2.91. The summed E-state index contributed by atoms with van der Waals surface area (Å²) in [4.78, 5) is 25.4. The maximum atomic E-state index is 13.4. The Labute approximate surface area is 160 Å². The van der Waals surface area contributed by atoms with Gasteiger partial charge in [-0.05, 0) is 42.4 Å². The van der Waals surface area contributed by atoms with Gasteiger partial charge in [0.05, 0.1) is 6.54 Å². The van der Waals surface area contributed by atoms with Gasteiger partial charge in [-0.15, -0.1) is 0 Å². The second-order valence-corrected chi connectivity index (χ2v) is 6.07. The minimum absolute atomic E-state index is 0.0178. The van der Waals surface area contributed by atoms with Crippen LogP contribution in [0.15, 0.2) is 48.5 Å². The molecule has 0 saturated carbocycles. The summed E-state index contributed by atoms with van der Waals surface area (Å²) in [5.74, 6) is -1.60. The van der Waals surface area contributed by atoms with Crippen LogP contribution in [0, 0.1) is 5.82 Å². The molecule has 0 fully saturated rings. The van der Waals surface area contributed by atoms with E-state index in [-0.39, 0.29) is 18.8 Å². The number of amides is 2. The Morgan fingerprint density at radius 2 is 1.86 bits per heavy atom. The van der Waals surface area contributed by atoms with Crippen LogP contribution in [-0.2, 0) is 16.1 Å². The molecular formula is C19H20F3N3O3. The lowest BCUT2D eigenvalue weighted by Crippen LogP contribution is -2.41. The summed E-state index contributed by atoms with van der Waals surface area (Å²) in [7, 11) is 1.52. The van der Waals surface area contributed by atoms with Crippen LogP contribution >= 0.6 is 0 Å². The monoisotopic (exact) mass is 395 g/mol. The number of nitrogens with two attached hydrogens (primary N) is 1. The highest BCUT2D eigenvalue weighted by Gasteiger charge is 2.24. The lowest BCUT2D eigenvalue weighted by atomic mass is 10.0. The quantitative estimate of drug-likeness (QED) is 0.682. The molecule has 0 saturated heterocycles. The van der Waals surface area contributed by atoms with E-state index < -0.39 is 30.3 Å². The van der Waals surface area contributed by atoms with Crippen molar-refractivity contribution in [2.24, 2.45) is 5.73 Å². The van der Waals surface area contributed by atoms with E-state index in [0.29, 0.717) is 11.1 Å². The molecule has 2 aromatic carbocycles. The Bertz CT molecular complexity index is 816. The van der Waals surface area contributed by atoms with Crippen molar-refractivity contribution in [3.05, 3.63) is 65.5 Å². The van der Waals surface area contributed by atoms with Gasteiger partial charge in [0.25, 0.3) is 0 Å². The minimum Gasteiger partial charge on any atom is -0.435 e. The van der Waals surface area contributed by atoms with Crippen LogP contribution < -0.4 is 15.8 Å². The number of hydrogen-bond acceptors (Lipinski definition) is 4. The molecule has 0 aromatic heterocycles. The zero-order valence-electron chi connectivity index (χ0n) is 15.1. The fourth-order valence-electron chi connectivity index (χ4n) is 2.68. The molecule has 1 unspecified atom stereocenters. The molecule has 0 spiro atoms. The SMILES string of the molecule is CN(CC(=O)NCc1ccc(OC(F)F)cc1)C(C(N)=O)c1cccc(F)c1. The number of rotatable bonds is 9. The Kier molecular flexibility index (Phi) is 7.39. The number of alkyl halides is 2. The Hall–Kier alpha value is -3.07. The fourth-order valence-corrected chi connectivity index (χ4v) is 2.68. The molecule has 0 bridgehead atoms. The number of nitrogens with one attached hydrogen (secondary N) is 1. The normalized spacial score (nSPS) is 12.1. The first kappa shape index (κ1) is 21.2. The zero-order chi connectivity index (χ0) is 20.7. The van der Waals surface area contributed by atoms with Crippen molar-refractivity contribution < 1.29 is 27.5 Å². The van der Waals surface area contributed by atoms with Gasteiger partial charge in [0, 0.05) is 6.54 Å². The molecule has 9 heteroatoms. The van der Waals surface area contributed by atoms with Gasteiger partial charge in [-0.3, -0.25) is 14.5 Å². The van der Waals surface area contributed by atoms with Crippen molar-refractivity contribution in [2.45, 2.75) is 19.2 Å². The third kappa shape index (κ3) is 6.27. The number of hydrogen-bond donors (Lipinski definition) is 2. The summed E-state index contributed by atoms with van der Waals surface area (Å²) >= 11 is 0. The maximum absolute atomic E-state index is 13.4. The van der Waals surface area contributed by atoms with Crippen LogP contribution in [0.5, 0.6) is 5.75 Å². The van der Waals surface area contributed by atoms with E-state index in [1.165, 1.54) is 42.3 Å². The number of likely N-dealkylation sites (N-methyl/N-ethyl adjacent to an activating group) is 1. The summed E-state index contributed by atoms with van der Waals surface area (Å²) in [6, 6.07) is 10.3. The number of benzene rings is 2. The van der Waals surface area contributed by atoms with E-state index in [0.717, 1.165) is 0 Å². The Balaban J connectivity index is 1.92. The van der Waals surface area contributed by atoms with Crippen molar-refractivity contribution >= 4 is 11.8 Å². The van der Waals surface area contributed by atoms with Crippen LogP contribution in [0.2, 0.25) is 0 Å². The topological polar surface area (TPSA) is 84.7 Å². The highest BCUT2D eigenvalue weighted by molar-refractivity contribution is 5.83. The molecule has 2 amide bonds. The molecule has 150 valence electrons. The second kappa shape index (κ2) is 9.75. The number of halogens is 3. The van der Waals surface area contributed by atoms with E-state index in [4.69, 9.17) is 5.73 Å². The lowest BCUT2D eigenvalue weighted by molar-refractivity contribution is -0.126. The lowest BCUT2D eigenvalue weighted by Gasteiger charge is -2.25. The highest BCUT2D eigenvalue weighted by Crippen LogP contribution is 2.20. The van der Waals surface area contributed by atoms with Gasteiger partial charge in [0.15, 0.2) is 0 Å². The number of carbonyl (C=O) groups is 2. The minimum atomic E-state index is -2.91. The third-order valence-electron chi connectivity index (χ3n) is 3.91. The number of nitrogens with zero attached hydrogens (tertiary/aromatic N) is 1. The van der Waals surface area contributed by atoms with E-state index in [2.05, 4.69) is 10.1 Å². The molecule has 0 aliphatic carbocycles. The summed E-state index contributed by atoms with van der Waals surface area (Å²) in [6.07, 6.45) is 0. The first-order chi connectivity index (χ1) is 13.3. The molecule has 0 radical (unpaired) electrons. The summed E-state index contributed by atoms with van der Waals surface area (Å²) < 4.78 is 41.9. The van der Waals surface area contributed by atoms with Gasteiger partial charge in [-0.1, -0.05) is 24.3 Å². The number of ether oxygens (including phenoxy) is 1. The van der Waals surface area contributed by atoms with E-state index in [1.54, 1.807) is 18.2 Å². The smallest absolute Gasteiger partial charge is 0.387 e. The van der Waals surface area contributed by atoms with Crippen LogP contribution in [0.1, 0.15) is 17.2 Å². The molecular weight excluding hydrogens is 375 g/mol. The van der Waals surface area contributed by atoms with Crippen molar-refractivity contribution in [3.63, 3.8) is 0 Å². The zero-order valence-corrected chi connectivity index (χ0v) is 15.1. The van der Waals surface area contributed by atoms with Crippen LogP contribution in [0.25, 0.3) is 0 Å². The van der Waals surface area contributed by atoms with Gasteiger partial charge in [0.1, 0.15) is 17.6 Å². The van der Waals surface area contributed by atoms with Crippen LogP contribution in [0.3, 0.4) is 0 Å². The Morgan fingerprint density at radius 1 is 1.18 bits per heavy atom. The van der Waals surface area contributed by atoms with Crippen molar-refractivity contribution in [1.29, 1.82) is 0 Å². The third-order valence-corrected chi connectivity index (χ3v) is 3.91. The number of carbonyl (C=O) groups excluding carboxylic acids is 2. The molecule has 2 aromatic rings. The average molecular weight is 395 g/mol. The van der Waals surface area contributed by atoms with Gasteiger partial charge in [-0.2, -0.15) is 8.78 Å². The highest BCUT2D eigenvalue weighted by atomic mass is 19.3. The molecule has 0 heterocycles. The van der Waals surface area contributed by atoms with Crippen molar-refractivity contribution in [3.8, 4) is 5.75 Å². The van der Waals surface area contributed by atoms with Crippen molar-refractivity contribution in [2.75, 3.05) is 13.6 Å². The van der Waals surface area contributed by atoms with E-state index >= 15 is 0 Å². The van der Waals surface area contributed by atoms with Crippen LogP contribution in [0.4, 0.5) is 13.2 Å². The molecule has 1 atom stereocenters. The van der Waals surface area contributed by atoms with E-state index in [1.807, 2.05) is 0 Å². The maximum Gasteiger partial charge on any atom is 0.387 e. The van der Waals surface area contributed by atoms with Gasteiger partial charge in [0.2, 0.25) is 11.8 Å². The van der Waals surface area contributed by atoms with E-state index in [9.17, 15) is 22.8 Å². The second-order valence-electron chi connectivity index (χ2n) is 6.07. The molecule has 3 N–H and O–H groups in total. The largest absolute Gasteiger partial charge is 0.435 e. The predicted octanol–water partition coefficient (Wildman–Crippen LogP) is 2.20. The fraction of sp³-hybridized carbons (Fsp3) is 0.263. The van der Waals surface area contributed by atoms with Crippen LogP contribution in [-0.4, -0.2) is 36.9 Å². The number of primary amides is 1. The van der Waals surface area contributed by atoms with Crippen molar-refractivity contribution in [1.82, 2.24) is 10.2 Å². The predicted molar refractivity (Wildman–Crippen MR) is 95.9 cm³/mol.